The van der Waals surface area contributed by atoms with Gasteiger partial charge in [-0.3, -0.25) is 0 Å². The zero-order valence-corrected chi connectivity index (χ0v) is 11.4. The molecule has 0 radical (unpaired) electrons. The summed E-state index contributed by atoms with van der Waals surface area (Å²) in [6.45, 7) is -0.000581. The second-order valence-electron chi connectivity index (χ2n) is 4.43. The van der Waals surface area contributed by atoms with Crippen LogP contribution in [-0.2, 0) is 11.3 Å². The zero-order valence-electron chi connectivity index (χ0n) is 11.4. The van der Waals surface area contributed by atoms with Crippen LogP contribution in [0.15, 0.2) is 48.5 Å². The molecule has 112 valence electrons. The fraction of sp³-hybridized carbons (Fsp3) is 0.0625. The third-order valence-corrected chi connectivity index (χ3v) is 2.93. The average molecular weight is 300 g/mol. The minimum atomic E-state index is -1.39. The molecule has 0 aromatic heterocycles. The second kappa shape index (κ2) is 6.53. The Morgan fingerprint density at radius 1 is 0.864 bits per heavy atom. The van der Waals surface area contributed by atoms with E-state index in [1.54, 1.807) is 24.3 Å². The molecule has 0 atom stereocenters. The van der Waals surface area contributed by atoms with Gasteiger partial charge in [0.1, 0.15) is 6.61 Å². The lowest BCUT2D eigenvalue weighted by Gasteiger charge is -2.08. The SMILES string of the molecule is O=C(O)c1ccc(C(=O)OCc2ccccc2)c(C(=O)O)c1. The highest BCUT2D eigenvalue weighted by Crippen LogP contribution is 2.15. The molecule has 0 bridgehead atoms. The fourth-order valence-corrected chi connectivity index (χ4v) is 1.83. The van der Waals surface area contributed by atoms with Crippen LogP contribution in [0.1, 0.15) is 36.6 Å². The number of hydrogen-bond acceptors (Lipinski definition) is 4. The molecule has 0 heterocycles. The Morgan fingerprint density at radius 2 is 1.55 bits per heavy atom. The normalized spacial score (nSPS) is 10.0. The van der Waals surface area contributed by atoms with Gasteiger partial charge in [0.2, 0.25) is 0 Å². The summed E-state index contributed by atoms with van der Waals surface area (Å²) in [4.78, 5) is 34.0. The Hall–Kier alpha value is -3.15. The van der Waals surface area contributed by atoms with Gasteiger partial charge in [0.05, 0.1) is 16.7 Å². The number of carboxylic acids is 2. The molecule has 22 heavy (non-hydrogen) atoms. The van der Waals surface area contributed by atoms with E-state index in [4.69, 9.17) is 14.9 Å². The molecule has 6 nitrogen and oxygen atoms in total. The van der Waals surface area contributed by atoms with Gasteiger partial charge < -0.3 is 14.9 Å². The van der Waals surface area contributed by atoms with Crippen molar-refractivity contribution in [3.8, 4) is 0 Å². The summed E-state index contributed by atoms with van der Waals surface area (Å²) in [6, 6.07) is 12.1. The van der Waals surface area contributed by atoms with Crippen molar-refractivity contribution in [2.24, 2.45) is 0 Å². The van der Waals surface area contributed by atoms with Gasteiger partial charge in [0.15, 0.2) is 0 Å². The largest absolute Gasteiger partial charge is 0.478 e. The fourth-order valence-electron chi connectivity index (χ4n) is 1.83. The van der Waals surface area contributed by atoms with Gasteiger partial charge >= 0.3 is 17.9 Å². The minimum absolute atomic E-state index is 0.000581. The van der Waals surface area contributed by atoms with Gasteiger partial charge in [-0.15, -0.1) is 0 Å². The first-order valence-corrected chi connectivity index (χ1v) is 6.30. The number of hydrogen-bond donors (Lipinski definition) is 2. The smallest absolute Gasteiger partial charge is 0.339 e. The Labute approximate surface area is 125 Å². The lowest BCUT2D eigenvalue weighted by atomic mass is 10.0. The first kappa shape index (κ1) is 15.2. The average Bonchev–Trinajstić information content (AvgIpc) is 2.52. The summed E-state index contributed by atoms with van der Waals surface area (Å²) in [5.74, 6) is -3.49. The van der Waals surface area contributed by atoms with Crippen LogP contribution in [-0.4, -0.2) is 28.1 Å². The molecule has 6 heteroatoms. The molecule has 0 unspecified atom stereocenters. The third-order valence-electron chi connectivity index (χ3n) is 2.93. The van der Waals surface area contributed by atoms with E-state index < -0.39 is 23.5 Å². The second-order valence-corrected chi connectivity index (χ2v) is 4.43. The number of rotatable bonds is 5. The number of benzene rings is 2. The lowest BCUT2D eigenvalue weighted by Crippen LogP contribution is -2.13. The highest BCUT2D eigenvalue weighted by molar-refractivity contribution is 6.04. The molecule has 0 aliphatic carbocycles. The lowest BCUT2D eigenvalue weighted by molar-refractivity contribution is 0.0462. The van der Waals surface area contributed by atoms with Crippen molar-refractivity contribution in [3.63, 3.8) is 0 Å². The van der Waals surface area contributed by atoms with E-state index in [-0.39, 0.29) is 17.7 Å². The van der Waals surface area contributed by atoms with E-state index in [1.165, 1.54) is 0 Å². The molecule has 0 saturated carbocycles. The molecular weight excluding hydrogens is 288 g/mol. The predicted molar refractivity (Wildman–Crippen MR) is 75.9 cm³/mol. The molecule has 2 aromatic rings. The first-order valence-electron chi connectivity index (χ1n) is 6.30. The summed E-state index contributed by atoms with van der Waals surface area (Å²) in [5, 5.41) is 18.0. The highest BCUT2D eigenvalue weighted by Gasteiger charge is 2.20. The van der Waals surface area contributed by atoms with Crippen LogP contribution < -0.4 is 0 Å². The van der Waals surface area contributed by atoms with Crippen molar-refractivity contribution in [2.45, 2.75) is 6.61 Å². The monoisotopic (exact) mass is 300 g/mol. The van der Waals surface area contributed by atoms with Crippen LogP contribution in [0.2, 0.25) is 0 Å². The zero-order chi connectivity index (χ0) is 16.1. The van der Waals surface area contributed by atoms with Crippen LogP contribution in [0.3, 0.4) is 0 Å². The molecule has 0 fully saturated rings. The van der Waals surface area contributed by atoms with Crippen molar-refractivity contribution in [1.82, 2.24) is 0 Å². The Morgan fingerprint density at radius 3 is 2.14 bits per heavy atom. The van der Waals surface area contributed by atoms with E-state index in [0.717, 1.165) is 23.8 Å². The minimum Gasteiger partial charge on any atom is -0.478 e. The van der Waals surface area contributed by atoms with E-state index >= 15 is 0 Å². The quantitative estimate of drug-likeness (QED) is 0.822. The third kappa shape index (κ3) is 3.49. The topological polar surface area (TPSA) is 101 Å². The van der Waals surface area contributed by atoms with Crippen molar-refractivity contribution >= 4 is 17.9 Å². The standard InChI is InChI=1S/C16H12O6/c17-14(18)11-6-7-12(13(8-11)15(19)20)16(21)22-9-10-4-2-1-3-5-10/h1-8H,9H2,(H,17,18)(H,19,20). The highest BCUT2D eigenvalue weighted by atomic mass is 16.5. The van der Waals surface area contributed by atoms with Crippen molar-refractivity contribution < 1.29 is 29.3 Å². The maximum absolute atomic E-state index is 12.0. The molecule has 2 N–H and O–H groups in total. The molecule has 0 saturated heterocycles. The Kier molecular flexibility index (Phi) is 4.53. The van der Waals surface area contributed by atoms with E-state index in [0.29, 0.717) is 0 Å². The number of esters is 1. The van der Waals surface area contributed by atoms with Crippen LogP contribution in [0.5, 0.6) is 0 Å². The van der Waals surface area contributed by atoms with Crippen LogP contribution >= 0.6 is 0 Å². The first-order chi connectivity index (χ1) is 10.5. The summed E-state index contributed by atoms with van der Waals surface area (Å²) in [6.07, 6.45) is 0. The maximum atomic E-state index is 12.0. The predicted octanol–water partition coefficient (Wildman–Crippen LogP) is 2.44. The summed E-state index contributed by atoms with van der Waals surface area (Å²) < 4.78 is 5.06. The van der Waals surface area contributed by atoms with Crippen molar-refractivity contribution in [3.05, 3.63) is 70.8 Å². The number of aromatic carboxylic acids is 2. The van der Waals surface area contributed by atoms with E-state index in [2.05, 4.69) is 0 Å². The number of carboxylic acid groups (broad SMARTS) is 2. The summed E-state index contributed by atoms with van der Waals surface area (Å²) in [7, 11) is 0. The van der Waals surface area contributed by atoms with Gasteiger partial charge in [-0.2, -0.15) is 0 Å². The molecular formula is C16H12O6. The van der Waals surface area contributed by atoms with Crippen LogP contribution in [0.25, 0.3) is 0 Å². The number of carbonyl (C=O) groups excluding carboxylic acids is 1. The van der Waals surface area contributed by atoms with Crippen LogP contribution in [0.4, 0.5) is 0 Å². The molecule has 0 aliphatic rings. The van der Waals surface area contributed by atoms with Crippen molar-refractivity contribution in [1.29, 1.82) is 0 Å². The van der Waals surface area contributed by atoms with Gasteiger partial charge in [-0.1, -0.05) is 30.3 Å². The molecule has 2 aromatic carbocycles. The van der Waals surface area contributed by atoms with Gasteiger partial charge in [-0.25, -0.2) is 14.4 Å². The van der Waals surface area contributed by atoms with Crippen LogP contribution in [0, 0.1) is 0 Å². The van der Waals surface area contributed by atoms with Gasteiger partial charge in [0.25, 0.3) is 0 Å². The van der Waals surface area contributed by atoms with Gasteiger partial charge in [-0.05, 0) is 23.8 Å². The number of ether oxygens (including phenoxy) is 1. The molecule has 0 spiro atoms. The summed E-state index contributed by atoms with van der Waals surface area (Å²) in [5.41, 5.74) is -0.0433. The molecule has 0 amide bonds. The summed E-state index contributed by atoms with van der Waals surface area (Å²) >= 11 is 0. The van der Waals surface area contributed by atoms with Crippen molar-refractivity contribution in [2.75, 3.05) is 0 Å². The maximum Gasteiger partial charge on any atom is 0.339 e. The Bertz CT molecular complexity index is 721. The van der Waals surface area contributed by atoms with Gasteiger partial charge in [0, 0.05) is 0 Å². The number of carbonyl (C=O) groups is 3. The van der Waals surface area contributed by atoms with E-state index in [1.807, 2.05) is 6.07 Å². The molecule has 2 rings (SSSR count). The van der Waals surface area contributed by atoms with E-state index in [9.17, 15) is 14.4 Å². The molecule has 0 aliphatic heterocycles. The Balaban J connectivity index is 2.22.